The maximum Gasteiger partial charge on any atom is 0.326 e. The van der Waals surface area contributed by atoms with Crippen molar-refractivity contribution < 1.29 is 87.9 Å². The lowest BCUT2D eigenvalue weighted by atomic mass is 10.0. The van der Waals surface area contributed by atoms with E-state index in [9.17, 15) is 87.9 Å². The molecule has 78 heavy (non-hydrogen) atoms. The number of nitrogens with one attached hydrogen (secondary N) is 9. The average molecular weight is 1110 g/mol. The Balaban J connectivity index is 1.68. The van der Waals surface area contributed by atoms with Gasteiger partial charge < -0.3 is 88.9 Å². The second-order valence-corrected chi connectivity index (χ2v) is 20.2. The number of nitrogens with zero attached hydrogens (tertiary/aromatic N) is 2. The van der Waals surface area contributed by atoms with Crippen molar-refractivity contribution in [1.29, 1.82) is 0 Å². The van der Waals surface area contributed by atoms with Gasteiger partial charge in [-0.05, 0) is 104 Å². The van der Waals surface area contributed by atoms with Gasteiger partial charge in [0, 0.05) is 13.1 Å². The molecule has 0 aromatic heterocycles. The van der Waals surface area contributed by atoms with Crippen molar-refractivity contribution >= 4 is 77.0 Å². The lowest BCUT2D eigenvalue weighted by molar-refractivity contribution is -0.150. The number of carboxylic acid groups (broad SMARTS) is 3. The minimum atomic E-state index is -1.88. The molecule has 0 aromatic rings. The summed E-state index contributed by atoms with van der Waals surface area (Å²) >= 11 is 0. The molecule has 3 rings (SSSR count). The zero-order valence-electron chi connectivity index (χ0n) is 44.5. The van der Waals surface area contributed by atoms with Crippen LogP contribution in [0.25, 0.3) is 0 Å². The molecule has 16 N–H and O–H groups in total. The molecule has 30 nitrogen and oxygen atoms in total. The Morgan fingerprint density at radius 1 is 0.551 bits per heavy atom. The number of hydrogen-bond donors (Lipinski definition) is 15. The van der Waals surface area contributed by atoms with Gasteiger partial charge in [0.25, 0.3) is 0 Å². The van der Waals surface area contributed by atoms with Gasteiger partial charge in [0.2, 0.25) is 59.1 Å². The Morgan fingerprint density at radius 2 is 1.06 bits per heavy atom. The number of carboxylic acids is 3. The fourth-order valence-corrected chi connectivity index (χ4v) is 9.12. The van der Waals surface area contributed by atoms with Gasteiger partial charge in [0.05, 0.1) is 31.6 Å². The number of amides is 10. The Morgan fingerprint density at radius 3 is 1.60 bits per heavy atom. The van der Waals surface area contributed by atoms with Gasteiger partial charge in [0.15, 0.2) is 0 Å². The van der Waals surface area contributed by atoms with E-state index in [0.29, 0.717) is 32.2 Å². The smallest absolute Gasteiger partial charge is 0.326 e. The van der Waals surface area contributed by atoms with Crippen LogP contribution in [0.15, 0.2) is 0 Å². The predicted octanol–water partition coefficient (Wildman–Crippen LogP) is -5.78. The van der Waals surface area contributed by atoms with Crippen molar-refractivity contribution in [2.45, 2.75) is 184 Å². The summed E-state index contributed by atoms with van der Waals surface area (Å²) in [6.07, 6.45) is -0.762. The zero-order valence-corrected chi connectivity index (χ0v) is 44.5. The van der Waals surface area contributed by atoms with Crippen molar-refractivity contribution in [2.24, 2.45) is 11.7 Å². The largest absolute Gasteiger partial charge is 0.481 e. The second kappa shape index (κ2) is 31.4. The number of carbonyl (C=O) groups is 13. The van der Waals surface area contributed by atoms with Crippen LogP contribution in [0, 0.1) is 5.92 Å². The first-order valence-corrected chi connectivity index (χ1v) is 26.1. The van der Waals surface area contributed by atoms with E-state index in [4.69, 9.17) is 5.73 Å². The molecule has 0 aromatic carbocycles. The SMILES string of the molecule is CC(C)C[C@H](NC(=O)[C@@H]1CCCN1)C(=O)N[C@@H](CC(=O)O)C(=O)N[C@H](C(=O)N[C@@H](C)C(=O)N[C@@H](CC(=O)O)C(=O)N1CCC[C@H]1C(=O)N[C@@H](C)C(=O)N[C@@H](CCCCN)C(=O)N[C@@H](CO)C(=O)N1CCC[C@H]1C(=O)O)[C@@H](C)O. The molecule has 0 saturated carbocycles. The summed E-state index contributed by atoms with van der Waals surface area (Å²) in [6.45, 7) is 6.95. The van der Waals surface area contributed by atoms with Gasteiger partial charge in [-0.15, -0.1) is 0 Å². The summed E-state index contributed by atoms with van der Waals surface area (Å²) in [5.74, 6) is -13.9. The summed E-state index contributed by atoms with van der Waals surface area (Å²) in [5, 5.41) is 71.4. The molecule has 0 bridgehead atoms. The van der Waals surface area contributed by atoms with E-state index in [1.165, 1.54) is 6.92 Å². The van der Waals surface area contributed by atoms with Crippen LogP contribution in [0.2, 0.25) is 0 Å². The highest BCUT2D eigenvalue weighted by Crippen LogP contribution is 2.21. The fraction of sp³-hybridized carbons (Fsp3) is 0.729. The monoisotopic (exact) mass is 1110 g/mol. The molecule has 0 aliphatic carbocycles. The van der Waals surface area contributed by atoms with Crippen molar-refractivity contribution in [3.05, 3.63) is 0 Å². The van der Waals surface area contributed by atoms with Crippen molar-refractivity contribution in [2.75, 3.05) is 32.8 Å². The number of aliphatic hydroxyl groups excluding tert-OH is 2. The van der Waals surface area contributed by atoms with Crippen molar-refractivity contribution in [1.82, 2.24) is 57.7 Å². The molecule has 3 saturated heterocycles. The molecular formula is C48H78N12O18. The van der Waals surface area contributed by atoms with Crippen LogP contribution >= 0.6 is 0 Å². The van der Waals surface area contributed by atoms with Crippen LogP contribution in [0.1, 0.15) is 112 Å². The first-order valence-electron chi connectivity index (χ1n) is 26.1. The molecule has 3 heterocycles. The third-order valence-corrected chi connectivity index (χ3v) is 13.3. The summed E-state index contributed by atoms with van der Waals surface area (Å²) < 4.78 is 0. The van der Waals surface area contributed by atoms with E-state index in [2.05, 4.69) is 47.9 Å². The number of rotatable bonds is 31. The van der Waals surface area contributed by atoms with Gasteiger partial charge >= 0.3 is 17.9 Å². The van der Waals surface area contributed by atoms with E-state index in [1.54, 1.807) is 13.8 Å². The minimum Gasteiger partial charge on any atom is -0.481 e. The van der Waals surface area contributed by atoms with Crippen LogP contribution in [0.4, 0.5) is 0 Å². The van der Waals surface area contributed by atoms with E-state index in [0.717, 1.165) is 30.1 Å². The molecule has 30 heteroatoms. The van der Waals surface area contributed by atoms with Gasteiger partial charge in [-0.1, -0.05) is 13.8 Å². The maximum absolute atomic E-state index is 14.0. The maximum atomic E-state index is 14.0. The molecule has 3 fully saturated rings. The number of likely N-dealkylation sites (tertiary alicyclic amines) is 2. The molecule has 10 amide bonds. The molecule has 12 atom stereocenters. The minimum absolute atomic E-state index is 0.00246. The molecular weight excluding hydrogens is 1030 g/mol. The lowest BCUT2D eigenvalue weighted by Gasteiger charge is -2.30. The fourth-order valence-electron chi connectivity index (χ4n) is 9.12. The first-order chi connectivity index (χ1) is 36.7. The van der Waals surface area contributed by atoms with Gasteiger partial charge in [0.1, 0.15) is 60.4 Å². The normalized spacial score (nSPS) is 20.5. The van der Waals surface area contributed by atoms with E-state index in [-0.39, 0.29) is 57.7 Å². The van der Waals surface area contributed by atoms with Gasteiger partial charge in [-0.2, -0.15) is 0 Å². The topological polar surface area (TPSA) is 464 Å². The van der Waals surface area contributed by atoms with Crippen LogP contribution in [0.3, 0.4) is 0 Å². The molecule has 0 spiro atoms. The second-order valence-electron chi connectivity index (χ2n) is 20.2. The highest BCUT2D eigenvalue weighted by atomic mass is 16.4. The number of aliphatic carboxylic acids is 3. The lowest BCUT2D eigenvalue weighted by Crippen LogP contribution is -2.61. The zero-order chi connectivity index (χ0) is 58.6. The molecule has 3 aliphatic rings. The Bertz CT molecular complexity index is 2190. The number of hydrogen-bond acceptors (Lipinski definition) is 17. The van der Waals surface area contributed by atoms with Crippen molar-refractivity contribution in [3.8, 4) is 0 Å². The van der Waals surface area contributed by atoms with Gasteiger partial charge in [-0.25, -0.2) is 4.79 Å². The summed E-state index contributed by atoms with van der Waals surface area (Å²) in [5.41, 5.74) is 5.62. The van der Waals surface area contributed by atoms with Crippen LogP contribution in [-0.2, 0) is 62.3 Å². The molecule has 3 aliphatic heterocycles. The first kappa shape index (κ1) is 65.2. The van der Waals surface area contributed by atoms with E-state index >= 15 is 0 Å². The summed E-state index contributed by atoms with van der Waals surface area (Å²) in [4.78, 5) is 172. The number of unbranched alkanes of at least 4 members (excludes halogenated alkanes) is 1. The van der Waals surface area contributed by atoms with Gasteiger partial charge in [-0.3, -0.25) is 57.5 Å². The number of aliphatic hydroxyl groups is 2. The van der Waals surface area contributed by atoms with Crippen LogP contribution < -0.4 is 53.6 Å². The van der Waals surface area contributed by atoms with Crippen molar-refractivity contribution in [3.63, 3.8) is 0 Å². The van der Waals surface area contributed by atoms with E-state index < -0.39 is 169 Å². The molecule has 438 valence electrons. The van der Waals surface area contributed by atoms with Crippen LogP contribution in [0.5, 0.6) is 0 Å². The standard InChI is InChI=1S/C48H78N12O18/c1-23(2)19-29(54-40(69)27-12-8-16-50-27)42(71)55-30(20-35(63)64)43(72)58-37(26(5)62)45(74)52-25(4)39(68)56-31(21-36(65)66)46(75)59-17-9-13-33(59)44(73)51-24(3)38(67)53-28(11-6-7-15-49)41(70)57-32(22-61)47(76)60-18-10-14-34(60)48(77)78/h23-34,37,50,61-62H,6-22,49H2,1-5H3,(H,51,73)(H,52,74)(H,53,67)(H,54,69)(H,55,71)(H,56,68)(H,57,70)(H,58,72)(H,63,64)(H,65,66)(H,77,78)/t24-,25-,26+,27-,28-,29-,30-,31-,32-,33-,34-,37-/m0/s1. The van der Waals surface area contributed by atoms with Crippen LogP contribution in [-0.4, -0.2) is 218 Å². The quantitative estimate of drug-likeness (QED) is 0.0288. The average Bonchev–Trinajstić information content (AvgIpc) is 4.19. The van der Waals surface area contributed by atoms with E-state index in [1.807, 2.05) is 0 Å². The third kappa shape index (κ3) is 19.8. The molecule has 0 radical (unpaired) electrons. The summed E-state index contributed by atoms with van der Waals surface area (Å²) in [6, 6.07) is -15.6. The highest BCUT2D eigenvalue weighted by molar-refractivity contribution is 6.00. The number of nitrogens with two attached hydrogens (primary N) is 1. The Labute approximate surface area is 450 Å². The predicted molar refractivity (Wildman–Crippen MR) is 271 cm³/mol. The molecule has 0 unspecified atom stereocenters. The Hall–Kier alpha value is -7.05. The summed E-state index contributed by atoms with van der Waals surface area (Å²) in [7, 11) is 0. The Kier molecular flexibility index (Phi) is 26.2. The third-order valence-electron chi connectivity index (χ3n) is 13.3. The highest BCUT2D eigenvalue weighted by Gasteiger charge is 2.42. The number of carbonyl (C=O) groups excluding carboxylic acids is 10.